The number of nitrogens with two attached hydrogens (primary N) is 1. The minimum absolute atomic E-state index is 0.0526. The lowest BCUT2D eigenvalue weighted by atomic mass is 9.82. The van der Waals surface area contributed by atoms with Crippen LogP contribution >= 0.6 is 15.6 Å². The zero-order chi connectivity index (χ0) is 55.1. The Balaban J connectivity index is 1.75. The molecule has 12 atom stereocenters. The first-order valence-corrected chi connectivity index (χ1v) is 29.5. The Hall–Kier alpha value is -3.66. The molecule has 3 heterocycles. The highest BCUT2D eigenvalue weighted by Gasteiger charge is 2.45. The molecule has 0 radical (unpaired) electrons. The molecule has 1 saturated heterocycles. The summed E-state index contributed by atoms with van der Waals surface area (Å²) in [5, 5.41) is 57.4. The molecule has 75 heavy (non-hydrogen) atoms. The lowest BCUT2D eigenvalue weighted by Gasteiger charge is -2.40. The highest BCUT2D eigenvalue weighted by atomic mass is 31.3. The van der Waals surface area contributed by atoms with Gasteiger partial charge in [0.05, 0.1) is 37.6 Å². The Labute approximate surface area is 441 Å². The Morgan fingerprint density at radius 3 is 2.17 bits per heavy atom. The number of rotatable bonds is 24. The number of carbonyl (C=O) groups excluding carboxylic acids is 2. The van der Waals surface area contributed by atoms with Gasteiger partial charge in [-0.1, -0.05) is 120 Å². The second kappa shape index (κ2) is 36.4. The molecule has 426 valence electrons. The standard InChI is InChI=1S/C52H85N3O18P2/c1-3-5-7-8-9-10-11-12-13-14-15-16-17-18-19-20-25-29-47(59)68-36-40-37-69-74(64,65)73-75(66,67)70-38-45-50(62)49(61)41(32-31-39(56)27-23-6-4-2)43(57)35-44(58)42(28-24-21-22-26-30-48(60)71-40)51(72-45)55-34-33-46(53)54-52(55)63/h9-10,12-13,15-16,21,24,31-34,39-45,49-51,56-58,61-62H,3-8,11,14,17-20,22-23,25-30,35-38H2,1-2H3,(H,64,65)(H,66,67)(H2,53,54,63)/b10-9-,13-12-,16-15-,24-21?,32-31+/t39-,40+,41-,42-,43+,44-,45+,49-,50+,51+/m0/s1. The van der Waals surface area contributed by atoms with Gasteiger partial charge in [0.1, 0.15) is 30.9 Å². The lowest BCUT2D eigenvalue weighted by molar-refractivity contribution is -0.194. The second-order valence-electron chi connectivity index (χ2n) is 19.0. The Morgan fingerprint density at radius 2 is 1.49 bits per heavy atom. The van der Waals surface area contributed by atoms with E-state index in [0.29, 0.717) is 19.3 Å². The van der Waals surface area contributed by atoms with Crippen molar-refractivity contribution in [2.45, 2.75) is 198 Å². The molecule has 0 spiro atoms. The van der Waals surface area contributed by atoms with Gasteiger partial charge in [0.25, 0.3) is 0 Å². The first-order valence-electron chi connectivity index (χ1n) is 26.6. The number of aromatic nitrogens is 2. The van der Waals surface area contributed by atoms with Crippen LogP contribution in [0, 0.1) is 11.8 Å². The number of nitrogens with zero attached hydrogens (tertiary/aromatic N) is 2. The number of ether oxygens (including phenoxy) is 3. The number of phosphoric ester groups is 2. The molecular weight excluding hydrogens is 1020 g/mol. The minimum atomic E-state index is -5.71. The monoisotopic (exact) mass is 1100 g/mol. The molecule has 0 aromatic carbocycles. The molecule has 1 fully saturated rings. The summed E-state index contributed by atoms with van der Waals surface area (Å²) in [5.41, 5.74) is 4.78. The van der Waals surface area contributed by atoms with Crippen molar-refractivity contribution < 1.29 is 81.6 Å². The maximum absolute atomic E-state index is 13.4. The third-order valence-corrected chi connectivity index (χ3v) is 15.2. The van der Waals surface area contributed by atoms with E-state index in [4.69, 9.17) is 29.0 Å². The van der Waals surface area contributed by atoms with Crippen LogP contribution in [0.3, 0.4) is 0 Å². The average molecular weight is 1100 g/mol. The van der Waals surface area contributed by atoms with Gasteiger partial charge in [-0.15, -0.1) is 0 Å². The third kappa shape index (κ3) is 27.0. The molecule has 0 amide bonds. The van der Waals surface area contributed by atoms with Crippen LogP contribution in [-0.4, -0.2) is 119 Å². The zero-order valence-corrected chi connectivity index (χ0v) is 45.4. The summed E-state index contributed by atoms with van der Waals surface area (Å²) in [6, 6.07) is 1.24. The van der Waals surface area contributed by atoms with Crippen LogP contribution in [-0.2, 0) is 46.3 Å². The predicted octanol–water partition coefficient (Wildman–Crippen LogP) is 7.49. The van der Waals surface area contributed by atoms with Gasteiger partial charge in [0, 0.05) is 37.3 Å². The van der Waals surface area contributed by atoms with Crippen LogP contribution < -0.4 is 11.4 Å². The van der Waals surface area contributed by atoms with E-state index in [-0.39, 0.29) is 37.9 Å². The molecule has 1 aromatic rings. The number of hydrogen-bond donors (Lipinski definition) is 8. The highest BCUT2D eigenvalue weighted by molar-refractivity contribution is 7.61. The normalized spacial score (nSPS) is 29.8. The van der Waals surface area contributed by atoms with Crippen LogP contribution in [0.4, 0.5) is 5.82 Å². The molecule has 1 aromatic heterocycles. The number of aliphatic hydroxyl groups excluding tert-OH is 5. The molecule has 2 aliphatic rings. The van der Waals surface area contributed by atoms with Crippen molar-refractivity contribution in [1.82, 2.24) is 9.55 Å². The van der Waals surface area contributed by atoms with Crippen LogP contribution in [0.15, 0.2) is 77.8 Å². The van der Waals surface area contributed by atoms with Gasteiger partial charge in [-0.3, -0.25) is 23.2 Å². The maximum Gasteiger partial charge on any atom is 0.481 e. The minimum Gasteiger partial charge on any atom is -0.462 e. The van der Waals surface area contributed by atoms with E-state index in [2.05, 4.69) is 52.7 Å². The van der Waals surface area contributed by atoms with Crippen LogP contribution in [0.5, 0.6) is 0 Å². The number of anilines is 1. The molecule has 23 heteroatoms. The van der Waals surface area contributed by atoms with Crippen molar-refractivity contribution in [2.75, 3.05) is 25.6 Å². The lowest BCUT2D eigenvalue weighted by Crippen LogP contribution is -2.52. The van der Waals surface area contributed by atoms with Crippen molar-refractivity contribution in [1.29, 1.82) is 0 Å². The zero-order valence-electron chi connectivity index (χ0n) is 43.7. The molecule has 9 N–H and O–H groups in total. The second-order valence-corrected chi connectivity index (χ2v) is 22.0. The number of aliphatic hydroxyl groups is 5. The molecular formula is C52H85N3O18P2. The van der Waals surface area contributed by atoms with Crippen LogP contribution in [0.2, 0.25) is 0 Å². The summed E-state index contributed by atoms with van der Waals surface area (Å²) in [5.74, 6) is -4.17. The van der Waals surface area contributed by atoms with Gasteiger partial charge in [0.2, 0.25) is 0 Å². The number of allylic oxidation sites excluding steroid dienone is 8. The molecule has 2 bridgehead atoms. The van der Waals surface area contributed by atoms with E-state index in [1.807, 2.05) is 6.92 Å². The largest absolute Gasteiger partial charge is 0.481 e. The molecule has 21 nitrogen and oxygen atoms in total. The smallest absolute Gasteiger partial charge is 0.462 e. The summed E-state index contributed by atoms with van der Waals surface area (Å²) in [6.45, 7) is 1.45. The van der Waals surface area contributed by atoms with E-state index in [1.165, 1.54) is 43.7 Å². The van der Waals surface area contributed by atoms with Crippen LogP contribution in [0.25, 0.3) is 0 Å². The quantitative estimate of drug-likeness (QED) is 0.0215. The average Bonchev–Trinajstić information content (AvgIpc) is 3.35. The fraction of sp³-hybridized carbons (Fsp3) is 0.692. The van der Waals surface area contributed by atoms with Crippen molar-refractivity contribution in [2.24, 2.45) is 11.8 Å². The number of hydrogen-bond acceptors (Lipinski definition) is 18. The van der Waals surface area contributed by atoms with E-state index in [9.17, 15) is 58.8 Å². The number of cyclic esters (lactones) is 1. The fourth-order valence-corrected chi connectivity index (χ4v) is 10.5. The first-order chi connectivity index (χ1) is 35.9. The molecule has 0 aliphatic carbocycles. The molecule has 2 unspecified atom stereocenters. The van der Waals surface area contributed by atoms with Gasteiger partial charge in [-0.2, -0.15) is 9.29 Å². The van der Waals surface area contributed by atoms with Crippen molar-refractivity contribution in [3.63, 3.8) is 0 Å². The fourth-order valence-electron chi connectivity index (χ4n) is 8.36. The summed E-state index contributed by atoms with van der Waals surface area (Å²) in [6.07, 6.45) is 20.1. The van der Waals surface area contributed by atoms with E-state index in [0.717, 1.165) is 62.4 Å². The topological polar surface area (TPSA) is 326 Å². The van der Waals surface area contributed by atoms with Gasteiger partial charge in [-0.25, -0.2) is 13.9 Å². The van der Waals surface area contributed by atoms with Crippen molar-refractivity contribution in [3.05, 3.63) is 83.5 Å². The SMILES string of the molecule is CCCCC/C=C\C/C=C\C/C=C\CCCCCCC(=O)OC[C@@H]1COP(=O)(O)OP(=O)(O)OC[C@H]2O[C@@H](n3ccc(N)nc3=O)[C@@H](CC=CCCCC(=O)O1)[C@@H](O)C[C@@H](O)[C@H](/C=C/[C@@H](O)CCCCC)[C@H](O)[C@@H]2O. The predicted molar refractivity (Wildman–Crippen MR) is 281 cm³/mol. The van der Waals surface area contributed by atoms with Gasteiger partial charge in [0.15, 0.2) is 6.10 Å². The summed E-state index contributed by atoms with van der Waals surface area (Å²) < 4.78 is 59.0. The highest BCUT2D eigenvalue weighted by Crippen LogP contribution is 2.60. The molecule has 2 aliphatic heterocycles. The Kier molecular flexibility index (Phi) is 31.9. The number of unbranched alkanes of at least 4 members (excludes halogenated alkanes) is 9. The van der Waals surface area contributed by atoms with Crippen molar-refractivity contribution in [3.8, 4) is 0 Å². The molecule has 0 saturated carbocycles. The third-order valence-electron chi connectivity index (χ3n) is 12.6. The van der Waals surface area contributed by atoms with Gasteiger partial charge < -0.3 is 55.3 Å². The Morgan fingerprint density at radius 1 is 0.853 bits per heavy atom. The van der Waals surface area contributed by atoms with E-state index in [1.54, 1.807) is 12.2 Å². The van der Waals surface area contributed by atoms with E-state index >= 15 is 0 Å². The van der Waals surface area contributed by atoms with Crippen molar-refractivity contribution >= 4 is 33.4 Å². The Bertz CT molecular complexity index is 2120. The summed E-state index contributed by atoms with van der Waals surface area (Å²) >= 11 is 0. The molecule has 3 rings (SSSR count). The summed E-state index contributed by atoms with van der Waals surface area (Å²) in [4.78, 5) is 64.2. The number of carbonyl (C=O) groups is 2. The maximum atomic E-state index is 13.4. The van der Waals surface area contributed by atoms with Gasteiger partial charge in [-0.05, 0) is 76.7 Å². The number of phosphoric acid groups is 2. The summed E-state index contributed by atoms with van der Waals surface area (Å²) in [7, 11) is -11.3. The van der Waals surface area contributed by atoms with E-state index < -0.39 is 120 Å². The number of fused-ring (bicyclic) bond motifs is 3. The van der Waals surface area contributed by atoms with Gasteiger partial charge >= 0.3 is 33.3 Å². The number of esters is 2. The first kappa shape index (κ1) is 65.6. The van der Waals surface area contributed by atoms with Crippen LogP contribution in [0.1, 0.15) is 155 Å². The number of nitrogen functional groups attached to an aromatic ring is 1.